The van der Waals surface area contributed by atoms with Crippen molar-refractivity contribution in [3.05, 3.63) is 56.2 Å². The van der Waals surface area contributed by atoms with E-state index in [2.05, 4.69) is 21.7 Å². The third-order valence-corrected chi connectivity index (χ3v) is 4.49. The number of halogens is 2. The standard InChI is InChI=1S/C14H16Cl2N2S/c1-18(8-10-5-6-19-9-10)13(7-17)14-11(15)3-2-4-12(14)16/h2-6,9,13H,7-8,17H2,1H3. The Balaban J connectivity index is 2.24. The van der Waals surface area contributed by atoms with Crippen molar-refractivity contribution >= 4 is 34.5 Å². The molecule has 2 N–H and O–H groups in total. The Labute approximate surface area is 127 Å². The van der Waals surface area contributed by atoms with Crippen LogP contribution in [0.15, 0.2) is 35.0 Å². The molecule has 0 fully saturated rings. The van der Waals surface area contributed by atoms with Gasteiger partial charge >= 0.3 is 0 Å². The average molecular weight is 315 g/mol. The summed E-state index contributed by atoms with van der Waals surface area (Å²) in [5, 5.41) is 5.54. The van der Waals surface area contributed by atoms with Gasteiger partial charge in [0.1, 0.15) is 0 Å². The van der Waals surface area contributed by atoms with Crippen molar-refractivity contribution in [2.45, 2.75) is 12.6 Å². The summed E-state index contributed by atoms with van der Waals surface area (Å²) in [7, 11) is 2.04. The zero-order valence-corrected chi connectivity index (χ0v) is 13.0. The van der Waals surface area contributed by atoms with Crippen molar-refractivity contribution in [3.8, 4) is 0 Å². The molecule has 0 bridgehead atoms. The Kier molecular flexibility index (Phi) is 5.25. The molecule has 0 saturated carbocycles. The number of benzene rings is 1. The summed E-state index contributed by atoms with van der Waals surface area (Å²) in [5.41, 5.74) is 8.10. The lowest BCUT2D eigenvalue weighted by atomic mass is 10.0. The van der Waals surface area contributed by atoms with Gasteiger partial charge in [0.15, 0.2) is 0 Å². The van der Waals surface area contributed by atoms with E-state index < -0.39 is 0 Å². The van der Waals surface area contributed by atoms with E-state index in [9.17, 15) is 0 Å². The molecule has 0 spiro atoms. The normalized spacial score (nSPS) is 12.9. The van der Waals surface area contributed by atoms with Crippen LogP contribution < -0.4 is 5.73 Å². The molecule has 0 saturated heterocycles. The van der Waals surface area contributed by atoms with Gasteiger partial charge in [0, 0.05) is 28.7 Å². The van der Waals surface area contributed by atoms with E-state index in [1.807, 2.05) is 25.2 Å². The summed E-state index contributed by atoms with van der Waals surface area (Å²) in [6.07, 6.45) is 0. The first-order valence-electron chi connectivity index (χ1n) is 5.98. The number of hydrogen-bond acceptors (Lipinski definition) is 3. The molecule has 1 aromatic carbocycles. The van der Waals surface area contributed by atoms with Gasteiger partial charge in [-0.1, -0.05) is 29.3 Å². The van der Waals surface area contributed by atoms with Gasteiger partial charge in [-0.15, -0.1) is 0 Å². The molecule has 2 rings (SSSR count). The molecule has 0 amide bonds. The Morgan fingerprint density at radius 1 is 1.26 bits per heavy atom. The molecule has 1 heterocycles. The van der Waals surface area contributed by atoms with E-state index in [1.165, 1.54) is 5.56 Å². The second-order valence-corrected chi connectivity index (χ2v) is 6.03. The van der Waals surface area contributed by atoms with Crippen LogP contribution in [-0.4, -0.2) is 18.5 Å². The molecule has 1 atom stereocenters. The lowest BCUT2D eigenvalue weighted by Gasteiger charge is -2.28. The smallest absolute Gasteiger partial charge is 0.0500 e. The molecule has 2 nitrogen and oxygen atoms in total. The highest BCUT2D eigenvalue weighted by atomic mass is 35.5. The topological polar surface area (TPSA) is 29.3 Å². The minimum absolute atomic E-state index is 0.0149. The van der Waals surface area contributed by atoms with Gasteiger partial charge in [0.25, 0.3) is 0 Å². The molecule has 0 radical (unpaired) electrons. The van der Waals surface area contributed by atoms with Crippen LogP contribution in [0.3, 0.4) is 0 Å². The predicted octanol–water partition coefficient (Wildman–Crippen LogP) is 4.19. The number of rotatable bonds is 5. The van der Waals surface area contributed by atoms with Crippen LogP contribution in [0.5, 0.6) is 0 Å². The first-order chi connectivity index (χ1) is 9.13. The van der Waals surface area contributed by atoms with Gasteiger partial charge in [0.2, 0.25) is 0 Å². The van der Waals surface area contributed by atoms with Crippen LogP contribution in [0.4, 0.5) is 0 Å². The first-order valence-corrected chi connectivity index (χ1v) is 7.68. The average Bonchev–Trinajstić information content (AvgIpc) is 2.86. The molecule has 102 valence electrons. The maximum absolute atomic E-state index is 6.26. The summed E-state index contributed by atoms with van der Waals surface area (Å²) >= 11 is 14.2. The molecular weight excluding hydrogens is 299 g/mol. The van der Waals surface area contributed by atoms with Crippen molar-refractivity contribution in [1.29, 1.82) is 0 Å². The van der Waals surface area contributed by atoms with Crippen LogP contribution in [0.2, 0.25) is 10.0 Å². The molecule has 0 aliphatic heterocycles. The Morgan fingerprint density at radius 3 is 2.47 bits per heavy atom. The van der Waals surface area contributed by atoms with Crippen molar-refractivity contribution in [3.63, 3.8) is 0 Å². The maximum atomic E-state index is 6.26. The number of thiophene rings is 1. The van der Waals surface area contributed by atoms with Gasteiger partial charge in [-0.3, -0.25) is 4.90 Å². The van der Waals surface area contributed by atoms with Gasteiger partial charge in [-0.25, -0.2) is 0 Å². The van der Waals surface area contributed by atoms with E-state index in [0.29, 0.717) is 16.6 Å². The van der Waals surface area contributed by atoms with Crippen molar-refractivity contribution < 1.29 is 0 Å². The molecule has 1 aromatic heterocycles. The number of nitrogens with zero attached hydrogens (tertiary/aromatic N) is 1. The van der Waals surface area contributed by atoms with Gasteiger partial charge in [-0.05, 0) is 41.6 Å². The summed E-state index contributed by atoms with van der Waals surface area (Å²) < 4.78 is 0. The van der Waals surface area contributed by atoms with Gasteiger partial charge in [-0.2, -0.15) is 11.3 Å². The van der Waals surface area contributed by atoms with Gasteiger partial charge < -0.3 is 5.73 Å². The Hall–Kier alpha value is -0.580. The second-order valence-electron chi connectivity index (χ2n) is 4.43. The monoisotopic (exact) mass is 314 g/mol. The van der Waals surface area contributed by atoms with Crippen molar-refractivity contribution in [1.82, 2.24) is 4.90 Å². The predicted molar refractivity (Wildman–Crippen MR) is 84.0 cm³/mol. The maximum Gasteiger partial charge on any atom is 0.0500 e. The minimum atomic E-state index is 0.0149. The summed E-state index contributed by atoms with van der Waals surface area (Å²) in [4.78, 5) is 2.18. The third kappa shape index (κ3) is 3.50. The van der Waals surface area contributed by atoms with Crippen LogP contribution in [-0.2, 0) is 6.54 Å². The zero-order chi connectivity index (χ0) is 13.8. The summed E-state index contributed by atoms with van der Waals surface area (Å²) in [6, 6.07) is 7.68. The van der Waals surface area contributed by atoms with Crippen molar-refractivity contribution in [2.24, 2.45) is 5.73 Å². The van der Waals surface area contributed by atoms with Crippen LogP contribution in [0, 0.1) is 0 Å². The molecular formula is C14H16Cl2N2S. The summed E-state index contributed by atoms with van der Waals surface area (Å²) in [5.74, 6) is 0. The fraction of sp³-hybridized carbons (Fsp3) is 0.286. The number of nitrogens with two attached hydrogens (primary N) is 1. The third-order valence-electron chi connectivity index (χ3n) is 3.10. The summed E-state index contributed by atoms with van der Waals surface area (Å²) in [6.45, 7) is 1.30. The quantitative estimate of drug-likeness (QED) is 0.896. The van der Waals surface area contributed by atoms with E-state index in [1.54, 1.807) is 11.3 Å². The van der Waals surface area contributed by atoms with E-state index in [0.717, 1.165) is 12.1 Å². The van der Waals surface area contributed by atoms with Crippen LogP contribution >= 0.6 is 34.5 Å². The number of hydrogen-bond donors (Lipinski definition) is 1. The number of likely N-dealkylation sites (N-methyl/N-ethyl adjacent to an activating group) is 1. The lowest BCUT2D eigenvalue weighted by Crippen LogP contribution is -2.30. The molecule has 0 aliphatic carbocycles. The first kappa shape index (κ1) is 14.8. The Bertz CT molecular complexity index is 508. The SMILES string of the molecule is CN(Cc1ccsc1)C(CN)c1c(Cl)cccc1Cl. The van der Waals surface area contributed by atoms with Crippen LogP contribution in [0.1, 0.15) is 17.2 Å². The van der Waals surface area contributed by atoms with E-state index in [4.69, 9.17) is 28.9 Å². The Morgan fingerprint density at radius 2 is 1.95 bits per heavy atom. The van der Waals surface area contributed by atoms with Crippen LogP contribution in [0.25, 0.3) is 0 Å². The fourth-order valence-corrected chi connectivity index (χ4v) is 3.44. The largest absolute Gasteiger partial charge is 0.329 e. The molecule has 0 aliphatic rings. The van der Waals surface area contributed by atoms with Crippen molar-refractivity contribution in [2.75, 3.05) is 13.6 Å². The van der Waals surface area contributed by atoms with E-state index >= 15 is 0 Å². The highest BCUT2D eigenvalue weighted by Gasteiger charge is 2.21. The second kappa shape index (κ2) is 6.73. The van der Waals surface area contributed by atoms with E-state index in [-0.39, 0.29) is 6.04 Å². The zero-order valence-electron chi connectivity index (χ0n) is 10.6. The molecule has 5 heteroatoms. The minimum Gasteiger partial charge on any atom is -0.329 e. The molecule has 19 heavy (non-hydrogen) atoms. The lowest BCUT2D eigenvalue weighted by molar-refractivity contribution is 0.242. The highest BCUT2D eigenvalue weighted by molar-refractivity contribution is 7.07. The highest BCUT2D eigenvalue weighted by Crippen LogP contribution is 2.33. The van der Waals surface area contributed by atoms with Gasteiger partial charge in [0.05, 0.1) is 6.04 Å². The molecule has 2 aromatic rings. The fourth-order valence-electron chi connectivity index (χ4n) is 2.13. The molecule has 1 unspecified atom stereocenters.